The number of aliphatic hydroxyl groups is 1. The zero-order valence-electron chi connectivity index (χ0n) is 11.5. The number of aliphatic hydroxyl groups excluding tert-OH is 1. The molecular weight excluding hydrogens is 242 g/mol. The Morgan fingerprint density at radius 3 is 2.58 bits per heavy atom. The second kappa shape index (κ2) is 6.17. The first-order chi connectivity index (χ1) is 9.13. The van der Waals surface area contributed by atoms with E-state index in [0.29, 0.717) is 19.5 Å². The van der Waals surface area contributed by atoms with Crippen molar-refractivity contribution in [2.75, 3.05) is 13.7 Å². The Bertz CT molecular complexity index is 430. The lowest BCUT2D eigenvalue weighted by Gasteiger charge is -2.22. The minimum Gasteiger partial charge on any atom is -0.468 e. The van der Waals surface area contributed by atoms with Gasteiger partial charge in [0.05, 0.1) is 13.2 Å². The summed E-state index contributed by atoms with van der Waals surface area (Å²) in [5, 5.41) is 9.73. The summed E-state index contributed by atoms with van der Waals surface area (Å²) in [6, 6.07) is 8.05. The molecule has 1 N–H and O–H groups in total. The summed E-state index contributed by atoms with van der Waals surface area (Å²) < 4.78 is 4.80. The first kappa shape index (κ1) is 14.0. The van der Waals surface area contributed by atoms with Gasteiger partial charge < -0.3 is 9.84 Å². The van der Waals surface area contributed by atoms with Crippen LogP contribution in [0, 0.1) is 0 Å². The van der Waals surface area contributed by atoms with Gasteiger partial charge in [-0.3, -0.25) is 9.69 Å². The predicted molar refractivity (Wildman–Crippen MR) is 72.7 cm³/mol. The number of methoxy groups -OCH3 is 1. The molecule has 19 heavy (non-hydrogen) atoms. The molecule has 1 heterocycles. The van der Waals surface area contributed by atoms with Crippen molar-refractivity contribution < 1.29 is 14.6 Å². The van der Waals surface area contributed by atoms with Crippen LogP contribution in [0.5, 0.6) is 0 Å². The van der Waals surface area contributed by atoms with E-state index in [4.69, 9.17) is 4.74 Å². The van der Waals surface area contributed by atoms with E-state index in [1.807, 2.05) is 4.90 Å². The third-order valence-electron chi connectivity index (χ3n) is 3.67. The van der Waals surface area contributed by atoms with Crippen molar-refractivity contribution in [2.24, 2.45) is 0 Å². The second-order valence-electron chi connectivity index (χ2n) is 5.03. The molecule has 0 aromatic heterocycles. The molecule has 1 aromatic rings. The summed E-state index contributed by atoms with van der Waals surface area (Å²) in [7, 11) is 1.39. The number of esters is 1. The number of ether oxygens (including phenoxy) is 1. The summed E-state index contributed by atoms with van der Waals surface area (Å²) >= 11 is 0. The Labute approximate surface area is 114 Å². The van der Waals surface area contributed by atoms with E-state index < -0.39 is 6.10 Å². The molecule has 2 atom stereocenters. The predicted octanol–water partition coefficient (Wildman–Crippen LogP) is 1.36. The number of β-amino-alcohol motifs (C(OH)–C–C–N with tert-alkyl or cyclic N) is 1. The van der Waals surface area contributed by atoms with Crippen LogP contribution >= 0.6 is 0 Å². The number of benzene rings is 1. The highest BCUT2D eigenvalue weighted by Crippen LogP contribution is 2.21. The van der Waals surface area contributed by atoms with Gasteiger partial charge >= 0.3 is 5.97 Å². The van der Waals surface area contributed by atoms with Crippen LogP contribution in [0.4, 0.5) is 0 Å². The molecule has 0 saturated carbocycles. The van der Waals surface area contributed by atoms with Gasteiger partial charge in [-0.05, 0) is 17.5 Å². The number of hydrogen-bond donors (Lipinski definition) is 1. The number of likely N-dealkylation sites (tertiary alicyclic amines) is 1. The first-order valence-electron chi connectivity index (χ1n) is 6.71. The Balaban J connectivity index is 2.05. The topological polar surface area (TPSA) is 49.8 Å². The van der Waals surface area contributed by atoms with Crippen molar-refractivity contribution in [3.63, 3.8) is 0 Å². The fourth-order valence-electron chi connectivity index (χ4n) is 2.55. The summed E-state index contributed by atoms with van der Waals surface area (Å²) in [6.07, 6.45) is 1.03. The molecule has 0 bridgehead atoms. The summed E-state index contributed by atoms with van der Waals surface area (Å²) in [5.74, 6) is -0.262. The summed E-state index contributed by atoms with van der Waals surface area (Å²) in [5.41, 5.74) is 2.45. The Morgan fingerprint density at radius 1 is 1.37 bits per heavy atom. The lowest BCUT2D eigenvalue weighted by Crippen LogP contribution is -2.36. The van der Waals surface area contributed by atoms with Crippen molar-refractivity contribution >= 4 is 5.97 Å². The molecule has 4 nitrogen and oxygen atoms in total. The van der Waals surface area contributed by atoms with Gasteiger partial charge in [-0.15, -0.1) is 0 Å². The molecule has 4 heteroatoms. The van der Waals surface area contributed by atoms with Gasteiger partial charge in [-0.1, -0.05) is 31.2 Å². The first-order valence-corrected chi connectivity index (χ1v) is 6.71. The van der Waals surface area contributed by atoms with E-state index in [-0.39, 0.29) is 12.0 Å². The van der Waals surface area contributed by atoms with Gasteiger partial charge in [0, 0.05) is 19.5 Å². The molecule has 2 unspecified atom stereocenters. The largest absolute Gasteiger partial charge is 0.468 e. The minimum atomic E-state index is -0.445. The minimum absolute atomic E-state index is 0.262. The molecular formula is C15H21NO3. The molecule has 2 rings (SSSR count). The highest BCUT2D eigenvalue weighted by atomic mass is 16.5. The highest BCUT2D eigenvalue weighted by Gasteiger charge is 2.36. The maximum atomic E-state index is 11.7. The van der Waals surface area contributed by atoms with Gasteiger partial charge in [0.15, 0.2) is 0 Å². The third-order valence-corrected chi connectivity index (χ3v) is 3.67. The zero-order chi connectivity index (χ0) is 13.8. The molecule has 0 amide bonds. The standard InChI is InChI=1S/C15H21NO3/c1-3-11-4-6-12(7-5-11)9-16-10-13(17)8-14(16)15(18)19-2/h4-7,13-14,17H,3,8-10H2,1-2H3. The molecule has 1 saturated heterocycles. The van der Waals surface area contributed by atoms with E-state index in [1.54, 1.807) is 0 Å². The molecule has 0 radical (unpaired) electrons. The Morgan fingerprint density at radius 2 is 2.00 bits per heavy atom. The van der Waals surface area contributed by atoms with Gasteiger partial charge in [-0.2, -0.15) is 0 Å². The molecule has 104 valence electrons. The monoisotopic (exact) mass is 263 g/mol. The van der Waals surface area contributed by atoms with Crippen LogP contribution in [0.25, 0.3) is 0 Å². The van der Waals surface area contributed by atoms with Crippen molar-refractivity contribution in [2.45, 2.75) is 38.5 Å². The third kappa shape index (κ3) is 3.33. The molecule has 1 aliphatic rings. The van der Waals surface area contributed by atoms with Crippen LogP contribution in [-0.2, 0) is 22.5 Å². The SMILES string of the molecule is CCc1ccc(CN2CC(O)CC2C(=O)OC)cc1. The van der Waals surface area contributed by atoms with E-state index >= 15 is 0 Å². The van der Waals surface area contributed by atoms with Crippen molar-refractivity contribution in [1.82, 2.24) is 4.90 Å². The number of rotatable bonds is 4. The molecule has 1 fully saturated rings. The highest BCUT2D eigenvalue weighted by molar-refractivity contribution is 5.76. The smallest absolute Gasteiger partial charge is 0.323 e. The average molecular weight is 263 g/mol. The quantitative estimate of drug-likeness (QED) is 0.833. The van der Waals surface area contributed by atoms with Gasteiger partial charge in [0.1, 0.15) is 6.04 Å². The fraction of sp³-hybridized carbons (Fsp3) is 0.533. The fourth-order valence-corrected chi connectivity index (χ4v) is 2.55. The van der Waals surface area contributed by atoms with Crippen LogP contribution in [0.1, 0.15) is 24.5 Å². The molecule has 1 aromatic carbocycles. The number of carbonyl (C=O) groups excluding carboxylic acids is 1. The molecule has 0 spiro atoms. The summed E-state index contributed by atoms with van der Waals surface area (Å²) in [4.78, 5) is 13.7. The van der Waals surface area contributed by atoms with Crippen LogP contribution in [0.3, 0.4) is 0 Å². The van der Waals surface area contributed by atoms with Crippen LogP contribution in [0.15, 0.2) is 24.3 Å². The zero-order valence-corrected chi connectivity index (χ0v) is 11.5. The number of aryl methyl sites for hydroxylation is 1. The van der Waals surface area contributed by atoms with Crippen molar-refractivity contribution in [3.05, 3.63) is 35.4 Å². The van der Waals surface area contributed by atoms with E-state index in [0.717, 1.165) is 12.0 Å². The van der Waals surface area contributed by atoms with Gasteiger partial charge in [0.25, 0.3) is 0 Å². The average Bonchev–Trinajstić information content (AvgIpc) is 2.79. The molecule has 0 aliphatic carbocycles. The number of hydrogen-bond acceptors (Lipinski definition) is 4. The van der Waals surface area contributed by atoms with E-state index in [1.165, 1.54) is 12.7 Å². The number of nitrogens with zero attached hydrogens (tertiary/aromatic N) is 1. The number of carbonyl (C=O) groups is 1. The van der Waals surface area contributed by atoms with Crippen LogP contribution < -0.4 is 0 Å². The van der Waals surface area contributed by atoms with E-state index in [2.05, 4.69) is 31.2 Å². The lowest BCUT2D eigenvalue weighted by atomic mass is 10.1. The summed E-state index contributed by atoms with van der Waals surface area (Å²) in [6.45, 7) is 3.31. The van der Waals surface area contributed by atoms with Crippen molar-refractivity contribution in [1.29, 1.82) is 0 Å². The van der Waals surface area contributed by atoms with Gasteiger partial charge in [-0.25, -0.2) is 0 Å². The lowest BCUT2D eigenvalue weighted by molar-refractivity contribution is -0.146. The second-order valence-corrected chi connectivity index (χ2v) is 5.03. The Kier molecular flexibility index (Phi) is 4.56. The molecule has 1 aliphatic heterocycles. The Hall–Kier alpha value is -1.39. The van der Waals surface area contributed by atoms with Gasteiger partial charge in [0.2, 0.25) is 0 Å². The normalized spacial score (nSPS) is 23.5. The van der Waals surface area contributed by atoms with Crippen LogP contribution in [0.2, 0.25) is 0 Å². The van der Waals surface area contributed by atoms with Crippen molar-refractivity contribution in [3.8, 4) is 0 Å². The van der Waals surface area contributed by atoms with Crippen LogP contribution in [-0.4, -0.2) is 41.8 Å². The maximum Gasteiger partial charge on any atom is 0.323 e. The maximum absolute atomic E-state index is 11.7. The van der Waals surface area contributed by atoms with E-state index in [9.17, 15) is 9.90 Å².